The molecule has 4 rings (SSSR count). The second-order valence-corrected chi connectivity index (χ2v) is 8.55. The molecule has 1 saturated heterocycles. The molecule has 0 saturated carbocycles. The number of carbonyl (C=O) groups excluding carboxylic acids is 2. The average Bonchev–Trinajstić information content (AvgIpc) is 2.79. The first-order valence-electron chi connectivity index (χ1n) is 11.3. The summed E-state index contributed by atoms with van der Waals surface area (Å²) in [4.78, 5) is 47.7. The summed E-state index contributed by atoms with van der Waals surface area (Å²) in [5, 5.41) is 5.47. The summed E-state index contributed by atoms with van der Waals surface area (Å²) < 4.78 is 5.39. The number of hydrogen-bond donors (Lipinski definition) is 3. The highest BCUT2D eigenvalue weighted by atomic mass is 16.5. The van der Waals surface area contributed by atoms with Gasteiger partial charge in [-0.2, -0.15) is 4.98 Å². The summed E-state index contributed by atoms with van der Waals surface area (Å²) in [6, 6.07) is 7.03. The van der Waals surface area contributed by atoms with E-state index >= 15 is 0 Å². The molecule has 2 aliphatic heterocycles. The zero-order valence-electron chi connectivity index (χ0n) is 19.4. The maximum atomic E-state index is 13.0. The third kappa shape index (κ3) is 5.28. The van der Waals surface area contributed by atoms with Gasteiger partial charge in [0.15, 0.2) is 0 Å². The Kier molecular flexibility index (Phi) is 7.72. The fourth-order valence-electron chi connectivity index (χ4n) is 4.18. The van der Waals surface area contributed by atoms with E-state index < -0.39 is 17.4 Å². The van der Waals surface area contributed by atoms with Gasteiger partial charge in [-0.1, -0.05) is 13.5 Å². The van der Waals surface area contributed by atoms with Crippen LogP contribution in [0.25, 0.3) is 5.76 Å². The standard InChI is InChI=1S/C24H29N5O4.H2O/c1-4-33-15(3)16-5-7-17(8-6-16)25-22(31)18-13-19(30)26-21-20(18)23(32)28-24(27-21)29-11-9-14(2)10-12-29;/h5-8,14,18H,3-4,9-13H2,1-2H3,(H,25,31)(H2,26,27,28,30,32);1H2. The number of rotatable bonds is 6. The van der Waals surface area contributed by atoms with E-state index in [1.54, 1.807) is 24.3 Å². The lowest BCUT2D eigenvalue weighted by Gasteiger charge is -2.31. The summed E-state index contributed by atoms with van der Waals surface area (Å²) in [5.41, 5.74) is 1.13. The number of nitrogens with zero attached hydrogens (tertiary/aromatic N) is 2. The molecule has 182 valence electrons. The smallest absolute Gasteiger partial charge is 0.258 e. The monoisotopic (exact) mass is 469 g/mol. The number of anilines is 3. The zero-order chi connectivity index (χ0) is 23.5. The van der Waals surface area contributed by atoms with Crippen LogP contribution >= 0.6 is 0 Å². The van der Waals surface area contributed by atoms with Crippen molar-refractivity contribution in [2.24, 2.45) is 5.92 Å². The molecule has 0 aliphatic carbocycles. The van der Waals surface area contributed by atoms with E-state index in [4.69, 9.17) is 4.74 Å². The highest BCUT2D eigenvalue weighted by Gasteiger charge is 2.35. The highest BCUT2D eigenvalue weighted by molar-refractivity contribution is 6.04. The predicted octanol–water partition coefficient (Wildman–Crippen LogP) is 2.25. The average molecular weight is 470 g/mol. The number of hydrogen-bond acceptors (Lipinski definition) is 6. The van der Waals surface area contributed by atoms with Gasteiger partial charge in [0.1, 0.15) is 11.6 Å². The van der Waals surface area contributed by atoms with Crippen molar-refractivity contribution in [2.75, 3.05) is 35.2 Å². The molecule has 0 spiro atoms. The van der Waals surface area contributed by atoms with Crippen molar-refractivity contribution in [3.05, 3.63) is 52.3 Å². The number of benzene rings is 1. The van der Waals surface area contributed by atoms with Crippen LogP contribution < -0.4 is 21.1 Å². The van der Waals surface area contributed by atoms with Crippen LogP contribution in [0.5, 0.6) is 0 Å². The van der Waals surface area contributed by atoms with Gasteiger partial charge < -0.3 is 25.7 Å². The molecule has 2 aliphatic rings. The first-order valence-corrected chi connectivity index (χ1v) is 11.3. The fourth-order valence-corrected chi connectivity index (χ4v) is 4.18. The molecule has 2 aromatic rings. The fraction of sp³-hybridized carbons (Fsp3) is 0.417. The highest BCUT2D eigenvalue weighted by Crippen LogP contribution is 2.31. The molecular formula is C24H31N5O5. The van der Waals surface area contributed by atoms with Gasteiger partial charge in [0.25, 0.3) is 5.56 Å². The van der Waals surface area contributed by atoms with Gasteiger partial charge in [-0.25, -0.2) is 0 Å². The van der Waals surface area contributed by atoms with E-state index in [-0.39, 0.29) is 29.2 Å². The third-order valence-electron chi connectivity index (χ3n) is 6.13. The van der Waals surface area contributed by atoms with Crippen LogP contribution in [-0.4, -0.2) is 47.0 Å². The van der Waals surface area contributed by atoms with Crippen LogP contribution in [-0.2, 0) is 14.3 Å². The van der Waals surface area contributed by atoms with Crippen LogP contribution in [0.3, 0.4) is 0 Å². The second-order valence-electron chi connectivity index (χ2n) is 8.55. The molecule has 2 amide bonds. The summed E-state index contributed by atoms with van der Waals surface area (Å²) in [5.74, 6) is 0.0499. The summed E-state index contributed by atoms with van der Waals surface area (Å²) in [6.07, 6.45) is 1.90. The largest absolute Gasteiger partial charge is 0.494 e. The molecule has 1 aromatic heterocycles. The quantitative estimate of drug-likeness (QED) is 0.553. The Balaban J connectivity index is 0.00000324. The molecule has 1 atom stereocenters. The van der Waals surface area contributed by atoms with Crippen LogP contribution in [0, 0.1) is 5.92 Å². The number of H-pyrrole nitrogens is 1. The number of ether oxygens (including phenoxy) is 1. The van der Waals surface area contributed by atoms with Crippen molar-refractivity contribution in [2.45, 2.75) is 39.0 Å². The van der Waals surface area contributed by atoms with Crippen molar-refractivity contribution >= 4 is 35.0 Å². The number of aromatic nitrogens is 2. The van der Waals surface area contributed by atoms with E-state index in [0.717, 1.165) is 31.5 Å². The van der Waals surface area contributed by atoms with Gasteiger partial charge in [0, 0.05) is 30.8 Å². The number of amides is 2. The van der Waals surface area contributed by atoms with Gasteiger partial charge in [0.2, 0.25) is 17.8 Å². The number of carbonyl (C=O) groups is 2. The number of piperidine rings is 1. The lowest BCUT2D eigenvalue weighted by molar-refractivity contribution is -0.123. The molecule has 0 radical (unpaired) electrons. The normalized spacial score (nSPS) is 17.8. The third-order valence-corrected chi connectivity index (χ3v) is 6.13. The van der Waals surface area contributed by atoms with Crippen LogP contribution in [0.4, 0.5) is 17.5 Å². The second kappa shape index (κ2) is 10.5. The predicted molar refractivity (Wildman–Crippen MR) is 131 cm³/mol. The van der Waals surface area contributed by atoms with Crippen molar-refractivity contribution in [1.29, 1.82) is 0 Å². The van der Waals surface area contributed by atoms with Crippen molar-refractivity contribution in [3.8, 4) is 0 Å². The lowest BCUT2D eigenvalue weighted by Crippen LogP contribution is -2.39. The maximum Gasteiger partial charge on any atom is 0.258 e. The van der Waals surface area contributed by atoms with Gasteiger partial charge in [0.05, 0.1) is 18.1 Å². The number of fused-ring (bicyclic) bond motifs is 1. The Hall–Kier alpha value is -3.66. The minimum absolute atomic E-state index is 0. The molecule has 5 N–H and O–H groups in total. The maximum absolute atomic E-state index is 13.0. The summed E-state index contributed by atoms with van der Waals surface area (Å²) in [6.45, 7) is 10.0. The molecule has 1 fully saturated rings. The Morgan fingerprint density at radius 3 is 2.56 bits per heavy atom. The SMILES string of the molecule is C=C(OCC)c1ccc(NC(=O)C2CC(=O)Nc3nc(N4CCC(C)CC4)[nH]c(=O)c32)cc1.O. The van der Waals surface area contributed by atoms with Gasteiger partial charge >= 0.3 is 0 Å². The topological polar surface area (TPSA) is 148 Å². The van der Waals surface area contributed by atoms with Crippen molar-refractivity contribution in [3.63, 3.8) is 0 Å². The van der Waals surface area contributed by atoms with E-state index in [0.29, 0.717) is 29.9 Å². The first kappa shape index (κ1) is 25.0. The Labute approximate surface area is 197 Å². The molecule has 1 aromatic carbocycles. The van der Waals surface area contributed by atoms with E-state index in [2.05, 4.69) is 34.1 Å². The number of aromatic amines is 1. The van der Waals surface area contributed by atoms with Gasteiger partial charge in [-0.3, -0.25) is 19.4 Å². The number of nitrogens with one attached hydrogen (secondary N) is 3. The molecule has 0 bridgehead atoms. The lowest BCUT2D eigenvalue weighted by atomic mass is 9.92. The van der Waals surface area contributed by atoms with Crippen LogP contribution in [0.1, 0.15) is 50.2 Å². The van der Waals surface area contributed by atoms with E-state index in [1.165, 1.54) is 0 Å². The van der Waals surface area contributed by atoms with Gasteiger partial charge in [-0.15, -0.1) is 0 Å². The van der Waals surface area contributed by atoms with E-state index in [1.807, 2.05) is 11.8 Å². The Morgan fingerprint density at radius 1 is 1.24 bits per heavy atom. The summed E-state index contributed by atoms with van der Waals surface area (Å²) in [7, 11) is 0. The van der Waals surface area contributed by atoms with E-state index in [9.17, 15) is 14.4 Å². The molecule has 10 heteroatoms. The molecule has 1 unspecified atom stereocenters. The summed E-state index contributed by atoms with van der Waals surface area (Å²) >= 11 is 0. The van der Waals surface area contributed by atoms with Gasteiger partial charge in [-0.05, 0) is 49.9 Å². The molecule has 34 heavy (non-hydrogen) atoms. The van der Waals surface area contributed by atoms with Crippen LogP contribution in [0.15, 0.2) is 35.6 Å². The Morgan fingerprint density at radius 2 is 1.91 bits per heavy atom. The zero-order valence-corrected chi connectivity index (χ0v) is 19.4. The minimum Gasteiger partial charge on any atom is -0.494 e. The molecule has 3 heterocycles. The van der Waals surface area contributed by atoms with Crippen molar-refractivity contribution < 1.29 is 19.8 Å². The molecule has 10 nitrogen and oxygen atoms in total. The molecular weight excluding hydrogens is 438 g/mol. The Bertz CT molecular complexity index is 1120. The van der Waals surface area contributed by atoms with Crippen LogP contribution in [0.2, 0.25) is 0 Å². The first-order chi connectivity index (χ1) is 15.9. The van der Waals surface area contributed by atoms with Crippen molar-refractivity contribution in [1.82, 2.24) is 9.97 Å². The minimum atomic E-state index is -0.932.